The van der Waals surface area contributed by atoms with Crippen LogP contribution in [0.4, 0.5) is 4.39 Å². The van der Waals surface area contributed by atoms with Crippen molar-refractivity contribution in [2.75, 3.05) is 26.2 Å². The van der Waals surface area contributed by atoms with Crippen LogP contribution >= 0.6 is 24.8 Å². The second-order valence-corrected chi connectivity index (χ2v) is 7.85. The normalized spacial score (nSPS) is 15.8. The predicted molar refractivity (Wildman–Crippen MR) is 129 cm³/mol. The van der Waals surface area contributed by atoms with E-state index in [1.807, 2.05) is 59.1 Å². The van der Waals surface area contributed by atoms with E-state index in [4.69, 9.17) is 9.72 Å². The van der Waals surface area contributed by atoms with Crippen LogP contribution < -0.4 is 4.74 Å². The maximum atomic E-state index is 15.3. The Morgan fingerprint density at radius 3 is 2.59 bits per heavy atom. The number of aromatic nitrogens is 4. The van der Waals surface area contributed by atoms with Crippen molar-refractivity contribution in [3.05, 3.63) is 54.7 Å². The first kappa shape index (κ1) is 24.2. The average molecular weight is 478 g/mol. The molecule has 1 fully saturated rings. The van der Waals surface area contributed by atoms with Gasteiger partial charge in [0.1, 0.15) is 29.2 Å². The molecule has 4 heterocycles. The van der Waals surface area contributed by atoms with Crippen LogP contribution in [0, 0.1) is 0 Å². The lowest BCUT2D eigenvalue weighted by atomic mass is 9.94. The third-order valence-corrected chi connectivity index (χ3v) is 5.91. The lowest BCUT2D eigenvalue weighted by Crippen LogP contribution is -2.44. The number of pyridine rings is 2. The minimum atomic E-state index is -1.30. The van der Waals surface area contributed by atoms with Gasteiger partial charge in [-0.2, -0.15) is 0 Å². The molecule has 1 saturated heterocycles. The van der Waals surface area contributed by atoms with Gasteiger partial charge in [0, 0.05) is 24.7 Å². The van der Waals surface area contributed by atoms with Gasteiger partial charge in [-0.15, -0.1) is 35.0 Å². The van der Waals surface area contributed by atoms with E-state index in [1.54, 1.807) is 0 Å². The number of benzene rings is 1. The summed E-state index contributed by atoms with van der Waals surface area (Å²) in [7, 11) is 0. The number of likely N-dealkylation sites (tertiary alicyclic amines) is 1. The van der Waals surface area contributed by atoms with E-state index in [0.29, 0.717) is 35.6 Å². The maximum absolute atomic E-state index is 15.3. The molecular weight excluding hydrogens is 452 g/mol. The zero-order valence-corrected chi connectivity index (χ0v) is 19.4. The van der Waals surface area contributed by atoms with E-state index in [9.17, 15) is 0 Å². The van der Waals surface area contributed by atoms with Gasteiger partial charge in [0.2, 0.25) is 0 Å². The van der Waals surface area contributed by atoms with E-state index in [-0.39, 0.29) is 31.4 Å². The fourth-order valence-electron chi connectivity index (χ4n) is 4.00. The summed E-state index contributed by atoms with van der Waals surface area (Å²) in [4.78, 5) is 7.07. The Kier molecular flexibility index (Phi) is 7.54. The highest BCUT2D eigenvalue weighted by Crippen LogP contribution is 2.31. The van der Waals surface area contributed by atoms with Crippen molar-refractivity contribution in [2.45, 2.75) is 25.4 Å². The smallest absolute Gasteiger partial charge is 0.187 e. The fourth-order valence-corrected chi connectivity index (χ4v) is 4.00. The molecule has 0 unspecified atom stereocenters. The second kappa shape index (κ2) is 9.98. The average Bonchev–Trinajstić information content (AvgIpc) is 3.22. The third kappa shape index (κ3) is 4.65. The molecule has 4 aromatic rings. The summed E-state index contributed by atoms with van der Waals surface area (Å²) in [5, 5.41) is 9.44. The Labute approximate surface area is 198 Å². The Morgan fingerprint density at radius 2 is 1.81 bits per heavy atom. The van der Waals surface area contributed by atoms with Crippen molar-refractivity contribution in [3.8, 4) is 17.3 Å². The minimum Gasteiger partial charge on any atom is -0.488 e. The third-order valence-electron chi connectivity index (χ3n) is 5.91. The number of hydrogen-bond donors (Lipinski definition) is 0. The maximum Gasteiger partial charge on any atom is 0.187 e. The number of para-hydroxylation sites is 1. The van der Waals surface area contributed by atoms with Crippen LogP contribution in [0.15, 0.2) is 54.7 Å². The Hall–Kier alpha value is -2.48. The molecule has 170 valence electrons. The SMILES string of the molecule is CCN1CCC(F)(COc2cccc3ccc(-c4nnc5ccccn45)nc23)CC1.Cl.Cl. The van der Waals surface area contributed by atoms with Gasteiger partial charge in [-0.05, 0) is 43.7 Å². The van der Waals surface area contributed by atoms with E-state index in [0.717, 1.165) is 30.7 Å². The quantitative estimate of drug-likeness (QED) is 0.405. The topological polar surface area (TPSA) is 55.5 Å². The zero-order chi connectivity index (χ0) is 20.6. The highest BCUT2D eigenvalue weighted by molar-refractivity contribution is 5.86. The molecule has 0 radical (unpaired) electrons. The molecule has 0 amide bonds. The number of ether oxygens (including phenoxy) is 1. The molecule has 1 aromatic carbocycles. The number of nitrogens with zero attached hydrogens (tertiary/aromatic N) is 5. The van der Waals surface area contributed by atoms with Crippen LogP contribution in [-0.2, 0) is 0 Å². The second-order valence-electron chi connectivity index (χ2n) is 7.85. The number of hydrogen-bond acceptors (Lipinski definition) is 5. The van der Waals surface area contributed by atoms with Crippen LogP contribution in [0.25, 0.3) is 28.1 Å². The summed E-state index contributed by atoms with van der Waals surface area (Å²) in [5.74, 6) is 1.26. The van der Waals surface area contributed by atoms with Crippen molar-refractivity contribution in [2.24, 2.45) is 0 Å². The van der Waals surface area contributed by atoms with Gasteiger partial charge >= 0.3 is 0 Å². The zero-order valence-electron chi connectivity index (χ0n) is 17.8. The first-order chi connectivity index (χ1) is 14.6. The number of rotatable bonds is 5. The van der Waals surface area contributed by atoms with E-state index >= 15 is 4.39 Å². The minimum absolute atomic E-state index is 0. The molecule has 0 aliphatic carbocycles. The Bertz CT molecular complexity index is 1190. The summed E-state index contributed by atoms with van der Waals surface area (Å²) in [6, 6.07) is 15.4. The van der Waals surface area contributed by atoms with E-state index < -0.39 is 5.67 Å². The molecule has 1 aliphatic rings. The van der Waals surface area contributed by atoms with Crippen molar-refractivity contribution < 1.29 is 9.13 Å². The van der Waals surface area contributed by atoms with Crippen LogP contribution in [0.3, 0.4) is 0 Å². The van der Waals surface area contributed by atoms with Crippen LogP contribution in [-0.4, -0.2) is 56.4 Å². The first-order valence-electron chi connectivity index (χ1n) is 10.4. The molecule has 3 aromatic heterocycles. The van der Waals surface area contributed by atoms with Crippen molar-refractivity contribution in [3.63, 3.8) is 0 Å². The molecule has 0 saturated carbocycles. The molecule has 0 atom stereocenters. The van der Waals surface area contributed by atoms with E-state index in [2.05, 4.69) is 22.0 Å². The van der Waals surface area contributed by atoms with Crippen LogP contribution in [0.5, 0.6) is 5.75 Å². The van der Waals surface area contributed by atoms with Crippen LogP contribution in [0.1, 0.15) is 19.8 Å². The van der Waals surface area contributed by atoms with Gasteiger partial charge in [-0.3, -0.25) is 4.40 Å². The highest BCUT2D eigenvalue weighted by atomic mass is 35.5. The molecule has 0 bridgehead atoms. The van der Waals surface area contributed by atoms with Gasteiger partial charge < -0.3 is 9.64 Å². The summed E-state index contributed by atoms with van der Waals surface area (Å²) >= 11 is 0. The van der Waals surface area contributed by atoms with Crippen molar-refractivity contribution in [1.82, 2.24) is 24.5 Å². The molecule has 0 N–H and O–H groups in total. The molecular formula is C23H26Cl2FN5O. The number of halogens is 3. The predicted octanol–water partition coefficient (Wildman–Crippen LogP) is 4.99. The number of piperidine rings is 1. The molecule has 9 heteroatoms. The summed E-state index contributed by atoms with van der Waals surface area (Å²) in [5.41, 5.74) is 0.867. The summed E-state index contributed by atoms with van der Waals surface area (Å²) in [6.07, 6.45) is 2.90. The van der Waals surface area contributed by atoms with Crippen LogP contribution in [0.2, 0.25) is 0 Å². The van der Waals surface area contributed by atoms with E-state index in [1.165, 1.54) is 0 Å². The summed E-state index contributed by atoms with van der Waals surface area (Å²) in [6.45, 7) is 4.66. The molecule has 1 aliphatic heterocycles. The molecule has 32 heavy (non-hydrogen) atoms. The molecule has 5 rings (SSSR count). The largest absolute Gasteiger partial charge is 0.488 e. The monoisotopic (exact) mass is 477 g/mol. The first-order valence-corrected chi connectivity index (χ1v) is 10.4. The Morgan fingerprint density at radius 1 is 1.00 bits per heavy atom. The standard InChI is InChI=1S/C23H24FN5O.2ClH/c1-2-28-14-11-23(24,12-15-28)16-30-19-7-5-6-17-9-10-18(25-21(17)19)22-27-26-20-8-3-4-13-29(20)22;;/h3-10,13H,2,11-12,14-16H2,1H3;2*1H. The van der Waals surface area contributed by atoms with Crippen molar-refractivity contribution >= 4 is 41.4 Å². The Balaban J connectivity index is 0.00000144. The lowest BCUT2D eigenvalue weighted by molar-refractivity contribution is 0.0194. The van der Waals surface area contributed by atoms with Gasteiger partial charge in [-0.1, -0.05) is 31.2 Å². The van der Waals surface area contributed by atoms with Gasteiger partial charge in [0.05, 0.1) is 0 Å². The number of fused-ring (bicyclic) bond motifs is 2. The molecule has 0 spiro atoms. The number of alkyl halides is 1. The highest BCUT2D eigenvalue weighted by Gasteiger charge is 2.35. The van der Waals surface area contributed by atoms with Gasteiger partial charge in [0.15, 0.2) is 11.5 Å². The van der Waals surface area contributed by atoms with Crippen molar-refractivity contribution in [1.29, 1.82) is 0 Å². The molecule has 6 nitrogen and oxygen atoms in total. The summed E-state index contributed by atoms with van der Waals surface area (Å²) < 4.78 is 23.1. The van der Waals surface area contributed by atoms with Gasteiger partial charge in [0.25, 0.3) is 0 Å². The van der Waals surface area contributed by atoms with Gasteiger partial charge in [-0.25, -0.2) is 9.37 Å². The lowest BCUT2D eigenvalue weighted by Gasteiger charge is -2.35. The fraction of sp³-hybridized carbons (Fsp3) is 0.348.